The predicted octanol–water partition coefficient (Wildman–Crippen LogP) is 1.83. The maximum atomic E-state index is 12.4. The summed E-state index contributed by atoms with van der Waals surface area (Å²) in [5.41, 5.74) is 1.93. The van der Waals surface area contributed by atoms with E-state index in [0.29, 0.717) is 11.3 Å². The first-order chi connectivity index (χ1) is 10.6. The Bertz CT molecular complexity index is 620. The van der Waals surface area contributed by atoms with Gasteiger partial charge in [0.15, 0.2) is 0 Å². The minimum absolute atomic E-state index is 0.0981. The van der Waals surface area contributed by atoms with Crippen molar-refractivity contribution in [2.75, 3.05) is 13.7 Å². The number of aliphatic hydroxyl groups is 1. The molecular weight excluding hydrogens is 282 g/mol. The Morgan fingerprint density at radius 2 is 2.05 bits per heavy atom. The number of methoxy groups -OCH3 is 1. The molecule has 1 heterocycles. The van der Waals surface area contributed by atoms with E-state index in [1.54, 1.807) is 7.11 Å². The van der Waals surface area contributed by atoms with E-state index >= 15 is 0 Å². The van der Waals surface area contributed by atoms with Crippen LogP contribution in [0.2, 0.25) is 0 Å². The lowest BCUT2D eigenvalue weighted by molar-refractivity contribution is 0.0897. The molecule has 0 saturated carbocycles. The van der Waals surface area contributed by atoms with Crippen molar-refractivity contribution in [1.29, 1.82) is 0 Å². The largest absolute Gasteiger partial charge is 0.497 e. The first-order valence-corrected chi connectivity index (χ1v) is 7.16. The maximum Gasteiger partial charge on any atom is 0.255 e. The molecule has 0 aliphatic heterocycles. The zero-order valence-corrected chi connectivity index (χ0v) is 13.0. The molecule has 6 heteroatoms. The van der Waals surface area contributed by atoms with E-state index in [2.05, 4.69) is 15.5 Å². The van der Waals surface area contributed by atoms with Gasteiger partial charge in [-0.2, -0.15) is 5.10 Å². The SMILES string of the molecule is COc1ccc(-c2[nH]ncc2C(=O)N[C@@H](CO)C(C)C)cc1. The summed E-state index contributed by atoms with van der Waals surface area (Å²) >= 11 is 0. The lowest BCUT2D eigenvalue weighted by Crippen LogP contribution is -2.41. The molecule has 0 fully saturated rings. The van der Waals surface area contributed by atoms with Crippen LogP contribution in [-0.4, -0.2) is 41.0 Å². The third kappa shape index (κ3) is 3.46. The van der Waals surface area contributed by atoms with Gasteiger partial charge in [0.1, 0.15) is 5.75 Å². The Kier molecular flexibility index (Phi) is 5.16. The fourth-order valence-electron chi connectivity index (χ4n) is 2.11. The van der Waals surface area contributed by atoms with Crippen molar-refractivity contribution < 1.29 is 14.6 Å². The molecule has 2 aromatic rings. The molecule has 6 nitrogen and oxygen atoms in total. The monoisotopic (exact) mass is 303 g/mol. The number of rotatable bonds is 6. The van der Waals surface area contributed by atoms with E-state index in [9.17, 15) is 9.90 Å². The van der Waals surface area contributed by atoms with Crippen LogP contribution in [0.5, 0.6) is 5.75 Å². The van der Waals surface area contributed by atoms with E-state index < -0.39 is 0 Å². The van der Waals surface area contributed by atoms with Crippen molar-refractivity contribution in [3.63, 3.8) is 0 Å². The number of nitrogens with zero attached hydrogens (tertiary/aromatic N) is 1. The summed E-state index contributed by atoms with van der Waals surface area (Å²) in [6, 6.07) is 7.07. The molecule has 0 unspecified atom stereocenters. The van der Waals surface area contributed by atoms with Gasteiger partial charge in [-0.1, -0.05) is 13.8 Å². The van der Waals surface area contributed by atoms with Crippen LogP contribution in [0.25, 0.3) is 11.3 Å². The second kappa shape index (κ2) is 7.09. The van der Waals surface area contributed by atoms with Crippen LogP contribution < -0.4 is 10.1 Å². The number of carbonyl (C=O) groups is 1. The van der Waals surface area contributed by atoms with Crippen molar-refractivity contribution in [2.24, 2.45) is 5.92 Å². The molecule has 0 radical (unpaired) electrons. The zero-order valence-electron chi connectivity index (χ0n) is 13.0. The highest BCUT2D eigenvalue weighted by molar-refractivity contribution is 5.99. The number of aromatic amines is 1. The number of H-pyrrole nitrogens is 1. The van der Waals surface area contributed by atoms with Crippen molar-refractivity contribution in [1.82, 2.24) is 15.5 Å². The molecule has 0 spiro atoms. The van der Waals surface area contributed by atoms with Crippen LogP contribution in [0.1, 0.15) is 24.2 Å². The second-order valence-corrected chi connectivity index (χ2v) is 5.39. The molecule has 1 aromatic carbocycles. The van der Waals surface area contributed by atoms with Crippen molar-refractivity contribution in [3.05, 3.63) is 36.0 Å². The number of hydrogen-bond donors (Lipinski definition) is 3. The number of aliphatic hydroxyl groups excluding tert-OH is 1. The molecule has 0 aliphatic carbocycles. The van der Waals surface area contributed by atoms with E-state index in [1.165, 1.54) is 6.20 Å². The molecule has 0 bridgehead atoms. The standard InChI is InChI=1S/C16H21N3O3/c1-10(2)14(9-20)18-16(21)13-8-17-19-15(13)11-4-6-12(22-3)7-5-11/h4-8,10,14,20H,9H2,1-3H3,(H,17,19)(H,18,21)/t14-/m0/s1. The molecule has 0 saturated heterocycles. The minimum Gasteiger partial charge on any atom is -0.497 e. The Morgan fingerprint density at radius 3 is 2.59 bits per heavy atom. The Hall–Kier alpha value is -2.34. The Balaban J connectivity index is 2.22. The van der Waals surface area contributed by atoms with E-state index in [1.807, 2.05) is 38.1 Å². The number of amides is 1. The Morgan fingerprint density at radius 1 is 1.36 bits per heavy atom. The third-order valence-corrected chi connectivity index (χ3v) is 3.58. The number of hydrogen-bond acceptors (Lipinski definition) is 4. The van der Waals surface area contributed by atoms with Crippen LogP contribution >= 0.6 is 0 Å². The van der Waals surface area contributed by atoms with Gasteiger partial charge in [0, 0.05) is 5.56 Å². The summed E-state index contributed by atoms with van der Waals surface area (Å²) in [5.74, 6) is 0.632. The zero-order chi connectivity index (χ0) is 16.1. The van der Waals surface area contributed by atoms with Crippen LogP contribution in [0.3, 0.4) is 0 Å². The van der Waals surface area contributed by atoms with Crippen LogP contribution in [0.4, 0.5) is 0 Å². The van der Waals surface area contributed by atoms with Crippen molar-refractivity contribution >= 4 is 5.91 Å². The highest BCUT2D eigenvalue weighted by atomic mass is 16.5. The van der Waals surface area contributed by atoms with Crippen LogP contribution in [0, 0.1) is 5.92 Å². The molecule has 3 N–H and O–H groups in total. The lowest BCUT2D eigenvalue weighted by Gasteiger charge is -2.19. The van der Waals surface area contributed by atoms with Gasteiger partial charge in [0.05, 0.1) is 37.2 Å². The average molecular weight is 303 g/mol. The molecular formula is C16H21N3O3. The van der Waals surface area contributed by atoms with Gasteiger partial charge < -0.3 is 15.2 Å². The van der Waals surface area contributed by atoms with Crippen molar-refractivity contribution in [3.8, 4) is 17.0 Å². The highest BCUT2D eigenvalue weighted by Gasteiger charge is 2.20. The van der Waals surface area contributed by atoms with E-state index in [0.717, 1.165) is 11.3 Å². The van der Waals surface area contributed by atoms with Gasteiger partial charge in [0.2, 0.25) is 0 Å². The van der Waals surface area contributed by atoms with Gasteiger partial charge in [-0.3, -0.25) is 9.89 Å². The molecule has 1 atom stereocenters. The molecule has 22 heavy (non-hydrogen) atoms. The first-order valence-electron chi connectivity index (χ1n) is 7.16. The molecule has 1 amide bonds. The summed E-state index contributed by atoms with van der Waals surface area (Å²) in [6.07, 6.45) is 1.49. The first kappa shape index (κ1) is 16.0. The van der Waals surface area contributed by atoms with Crippen molar-refractivity contribution in [2.45, 2.75) is 19.9 Å². The lowest BCUT2D eigenvalue weighted by atomic mass is 10.0. The predicted molar refractivity (Wildman–Crippen MR) is 83.8 cm³/mol. The number of benzene rings is 1. The summed E-state index contributed by atoms with van der Waals surface area (Å²) in [7, 11) is 1.60. The molecule has 2 rings (SSSR count). The number of nitrogens with one attached hydrogen (secondary N) is 2. The van der Waals surface area contributed by atoms with Gasteiger partial charge in [-0.05, 0) is 30.2 Å². The third-order valence-electron chi connectivity index (χ3n) is 3.58. The van der Waals surface area contributed by atoms with E-state index in [-0.39, 0.29) is 24.5 Å². The normalized spacial score (nSPS) is 12.2. The summed E-state index contributed by atoms with van der Waals surface area (Å²) in [5, 5.41) is 19.0. The van der Waals surface area contributed by atoms with Gasteiger partial charge in [-0.25, -0.2) is 0 Å². The number of aromatic nitrogens is 2. The van der Waals surface area contributed by atoms with E-state index in [4.69, 9.17) is 4.74 Å². The summed E-state index contributed by atoms with van der Waals surface area (Å²) in [4.78, 5) is 12.4. The van der Waals surface area contributed by atoms with Crippen LogP contribution in [-0.2, 0) is 0 Å². The van der Waals surface area contributed by atoms with Gasteiger partial charge in [-0.15, -0.1) is 0 Å². The second-order valence-electron chi connectivity index (χ2n) is 5.39. The number of carbonyl (C=O) groups excluding carboxylic acids is 1. The molecule has 1 aromatic heterocycles. The summed E-state index contributed by atoms with van der Waals surface area (Å²) in [6.45, 7) is 3.79. The fraction of sp³-hybridized carbons (Fsp3) is 0.375. The highest BCUT2D eigenvalue weighted by Crippen LogP contribution is 2.23. The smallest absolute Gasteiger partial charge is 0.255 e. The van der Waals surface area contributed by atoms with Gasteiger partial charge >= 0.3 is 0 Å². The van der Waals surface area contributed by atoms with Gasteiger partial charge in [0.25, 0.3) is 5.91 Å². The average Bonchev–Trinajstić information content (AvgIpc) is 3.01. The topological polar surface area (TPSA) is 87.2 Å². The fourth-order valence-corrected chi connectivity index (χ4v) is 2.11. The molecule has 118 valence electrons. The number of ether oxygens (including phenoxy) is 1. The Labute approximate surface area is 129 Å². The quantitative estimate of drug-likeness (QED) is 0.760. The minimum atomic E-state index is -0.286. The van der Waals surface area contributed by atoms with Crippen LogP contribution in [0.15, 0.2) is 30.5 Å². The summed E-state index contributed by atoms with van der Waals surface area (Å²) < 4.78 is 5.12. The molecule has 0 aliphatic rings. The maximum absolute atomic E-state index is 12.4.